The predicted molar refractivity (Wildman–Crippen MR) is 150 cm³/mol. The summed E-state index contributed by atoms with van der Waals surface area (Å²) >= 11 is 0. The summed E-state index contributed by atoms with van der Waals surface area (Å²) in [4.78, 5) is 78.4. The molecular formula is C29H28N6O6. The Morgan fingerprint density at radius 3 is 1.41 bits per heavy atom. The van der Waals surface area contributed by atoms with Crippen LogP contribution in [-0.2, 0) is 31.0 Å². The number of carbonyl (C=O) groups is 2. The van der Waals surface area contributed by atoms with Gasteiger partial charge in [-0.1, -0.05) is 60.7 Å². The van der Waals surface area contributed by atoms with Crippen molar-refractivity contribution < 1.29 is 9.59 Å². The summed E-state index contributed by atoms with van der Waals surface area (Å²) in [6.07, 6.45) is 2.66. The van der Waals surface area contributed by atoms with Crippen molar-refractivity contribution in [2.45, 2.75) is 45.6 Å². The van der Waals surface area contributed by atoms with Gasteiger partial charge in [-0.2, -0.15) is 0 Å². The molecule has 12 heteroatoms. The molecule has 3 heterocycles. The van der Waals surface area contributed by atoms with Crippen LogP contribution in [0.5, 0.6) is 0 Å². The third-order valence-electron chi connectivity index (χ3n) is 7.08. The first-order valence-electron chi connectivity index (χ1n) is 12.9. The number of hydrogen-bond acceptors (Lipinski definition) is 6. The molecule has 0 aliphatic carbocycles. The number of carbonyl (C=O) groups excluding carboxylic acids is 2. The molecule has 4 aromatic rings. The van der Waals surface area contributed by atoms with E-state index in [1.807, 2.05) is 12.1 Å². The highest BCUT2D eigenvalue weighted by atomic mass is 16.2. The zero-order chi connectivity index (χ0) is 29.3. The molecule has 2 aromatic carbocycles. The van der Waals surface area contributed by atoms with Crippen LogP contribution in [0.15, 0.2) is 92.2 Å². The number of benzene rings is 2. The minimum absolute atomic E-state index is 0.00877. The van der Waals surface area contributed by atoms with Crippen LogP contribution in [0.4, 0.5) is 4.79 Å². The Bertz CT molecular complexity index is 1760. The van der Waals surface area contributed by atoms with Crippen molar-refractivity contribution in [1.29, 1.82) is 0 Å². The SMILES string of the molecule is Cc1cn(CC2(Cn3cc(C)c(=O)n(Cc4ccccc4)c3=O)NC(=O)NC2=O)c(=O)n(Cc2ccccc2)c1=O. The average molecular weight is 557 g/mol. The Labute approximate surface area is 233 Å². The van der Waals surface area contributed by atoms with Crippen LogP contribution in [0.2, 0.25) is 0 Å². The highest BCUT2D eigenvalue weighted by molar-refractivity contribution is 6.06. The van der Waals surface area contributed by atoms with E-state index in [0.29, 0.717) is 0 Å². The van der Waals surface area contributed by atoms with E-state index >= 15 is 0 Å². The molecule has 0 saturated carbocycles. The summed E-state index contributed by atoms with van der Waals surface area (Å²) in [7, 11) is 0. The lowest BCUT2D eigenvalue weighted by Crippen LogP contribution is -2.58. The van der Waals surface area contributed by atoms with E-state index in [1.54, 1.807) is 62.4 Å². The predicted octanol–water partition coefficient (Wildman–Crippen LogP) is 0.325. The maximum absolute atomic E-state index is 13.5. The van der Waals surface area contributed by atoms with Gasteiger partial charge in [0, 0.05) is 23.5 Å². The number of aromatic nitrogens is 4. The van der Waals surface area contributed by atoms with Crippen molar-refractivity contribution in [3.63, 3.8) is 0 Å². The number of rotatable bonds is 8. The molecular weight excluding hydrogens is 528 g/mol. The van der Waals surface area contributed by atoms with Crippen molar-refractivity contribution >= 4 is 11.9 Å². The second kappa shape index (κ2) is 10.7. The molecule has 2 aromatic heterocycles. The van der Waals surface area contributed by atoms with E-state index in [9.17, 15) is 28.8 Å². The number of amides is 3. The highest BCUT2D eigenvalue weighted by Crippen LogP contribution is 2.16. The molecule has 210 valence electrons. The molecule has 1 aliphatic heterocycles. The van der Waals surface area contributed by atoms with Gasteiger partial charge in [0.15, 0.2) is 5.54 Å². The number of nitrogens with one attached hydrogen (secondary N) is 2. The maximum atomic E-state index is 13.5. The van der Waals surface area contributed by atoms with Gasteiger partial charge in [0.2, 0.25) is 0 Å². The number of imide groups is 1. The molecule has 5 rings (SSSR count). The zero-order valence-electron chi connectivity index (χ0n) is 22.5. The summed E-state index contributed by atoms with van der Waals surface area (Å²) in [5.41, 5.74) is -2.14. The Morgan fingerprint density at radius 1 is 0.634 bits per heavy atom. The van der Waals surface area contributed by atoms with Crippen LogP contribution in [0, 0.1) is 13.8 Å². The topological polar surface area (TPSA) is 146 Å². The second-order valence-electron chi connectivity index (χ2n) is 10.2. The minimum Gasteiger partial charge on any atom is -0.320 e. The van der Waals surface area contributed by atoms with Gasteiger partial charge in [0.1, 0.15) is 0 Å². The Balaban J connectivity index is 1.57. The normalized spacial score (nSPS) is 14.1. The molecule has 1 saturated heterocycles. The molecule has 0 spiro atoms. The molecule has 0 radical (unpaired) electrons. The molecule has 3 amide bonds. The fourth-order valence-electron chi connectivity index (χ4n) is 5.02. The van der Waals surface area contributed by atoms with E-state index in [1.165, 1.54) is 21.5 Å². The Morgan fingerprint density at radius 2 is 1.05 bits per heavy atom. The van der Waals surface area contributed by atoms with Crippen molar-refractivity contribution in [1.82, 2.24) is 28.9 Å². The number of urea groups is 1. The maximum Gasteiger partial charge on any atom is 0.331 e. The first-order chi connectivity index (χ1) is 19.6. The largest absolute Gasteiger partial charge is 0.331 e. The quantitative estimate of drug-likeness (QED) is 0.299. The summed E-state index contributed by atoms with van der Waals surface area (Å²) in [6, 6.07) is 17.1. The standard InChI is InChI=1S/C29H28N6O6/c1-19-13-32(27(40)34(23(19)36)15-21-9-5-3-6-10-21)17-29(25(38)30-26(39)31-29)18-33-14-20(2)24(37)35(28(33)41)16-22-11-7-4-8-12-22/h3-14H,15-18H2,1-2H3,(H2,30,31,38,39). The van der Waals surface area contributed by atoms with E-state index in [4.69, 9.17) is 0 Å². The van der Waals surface area contributed by atoms with Crippen LogP contribution < -0.4 is 33.1 Å². The summed E-state index contributed by atoms with van der Waals surface area (Å²) in [6.45, 7) is 2.37. The lowest BCUT2D eigenvalue weighted by atomic mass is 9.99. The molecule has 41 heavy (non-hydrogen) atoms. The van der Waals surface area contributed by atoms with E-state index in [-0.39, 0.29) is 37.3 Å². The molecule has 1 aliphatic rings. The highest BCUT2D eigenvalue weighted by Gasteiger charge is 2.47. The van der Waals surface area contributed by atoms with Crippen LogP contribution >= 0.6 is 0 Å². The molecule has 2 N–H and O–H groups in total. The first kappa shape index (κ1) is 27.3. The minimum atomic E-state index is -1.77. The van der Waals surface area contributed by atoms with Crippen molar-refractivity contribution in [2.24, 2.45) is 0 Å². The van der Waals surface area contributed by atoms with Gasteiger partial charge in [0.25, 0.3) is 17.0 Å². The van der Waals surface area contributed by atoms with Crippen molar-refractivity contribution in [2.75, 3.05) is 0 Å². The molecule has 0 atom stereocenters. The Hall–Kier alpha value is -5.26. The molecule has 0 bridgehead atoms. The number of aryl methyl sites for hydroxylation is 2. The van der Waals surface area contributed by atoms with Crippen LogP contribution in [0.1, 0.15) is 22.3 Å². The summed E-state index contributed by atoms with van der Waals surface area (Å²) in [5.74, 6) is -0.752. The summed E-state index contributed by atoms with van der Waals surface area (Å²) in [5, 5.41) is 4.77. The van der Waals surface area contributed by atoms with Gasteiger partial charge < -0.3 is 5.32 Å². The smallest absolute Gasteiger partial charge is 0.320 e. The van der Waals surface area contributed by atoms with Crippen molar-refractivity contribution in [3.8, 4) is 0 Å². The first-order valence-corrected chi connectivity index (χ1v) is 12.9. The fraction of sp³-hybridized carbons (Fsp3) is 0.241. The van der Waals surface area contributed by atoms with Crippen LogP contribution in [0.3, 0.4) is 0 Å². The van der Waals surface area contributed by atoms with E-state index in [2.05, 4.69) is 10.6 Å². The van der Waals surface area contributed by atoms with Crippen LogP contribution in [0.25, 0.3) is 0 Å². The fourth-order valence-corrected chi connectivity index (χ4v) is 5.02. The Kier molecular flexibility index (Phi) is 7.14. The van der Waals surface area contributed by atoms with Gasteiger partial charge in [-0.05, 0) is 25.0 Å². The van der Waals surface area contributed by atoms with Gasteiger partial charge in [-0.15, -0.1) is 0 Å². The molecule has 1 fully saturated rings. The molecule has 12 nitrogen and oxygen atoms in total. The second-order valence-corrected chi connectivity index (χ2v) is 10.2. The lowest BCUT2D eigenvalue weighted by molar-refractivity contribution is -0.125. The summed E-state index contributed by atoms with van der Waals surface area (Å²) < 4.78 is 4.48. The van der Waals surface area contributed by atoms with E-state index < -0.39 is 40.0 Å². The van der Waals surface area contributed by atoms with Crippen molar-refractivity contribution in [3.05, 3.63) is 137 Å². The lowest BCUT2D eigenvalue weighted by Gasteiger charge is -2.28. The monoisotopic (exact) mass is 556 g/mol. The number of nitrogens with zero attached hydrogens (tertiary/aromatic N) is 4. The number of hydrogen-bond donors (Lipinski definition) is 2. The van der Waals surface area contributed by atoms with Crippen LogP contribution in [-0.4, -0.2) is 35.7 Å². The van der Waals surface area contributed by atoms with Gasteiger partial charge >= 0.3 is 17.4 Å². The average Bonchev–Trinajstić information content (AvgIpc) is 3.23. The van der Waals surface area contributed by atoms with Gasteiger partial charge in [0.05, 0.1) is 26.2 Å². The third-order valence-corrected chi connectivity index (χ3v) is 7.08. The van der Waals surface area contributed by atoms with E-state index in [0.717, 1.165) is 20.3 Å². The molecule has 0 unspecified atom stereocenters. The van der Waals surface area contributed by atoms with Gasteiger partial charge in [-0.3, -0.25) is 38.0 Å². The third kappa shape index (κ3) is 5.31. The van der Waals surface area contributed by atoms with Gasteiger partial charge in [-0.25, -0.2) is 14.4 Å². The zero-order valence-corrected chi connectivity index (χ0v) is 22.5.